The molecule has 6 heterocycles. The van der Waals surface area contributed by atoms with E-state index in [1.807, 2.05) is 18.2 Å². The average Bonchev–Trinajstić information content (AvgIpc) is 3.84. The summed E-state index contributed by atoms with van der Waals surface area (Å²) in [4.78, 5) is 60.3. The Kier molecular flexibility index (Phi) is 8.27. The van der Waals surface area contributed by atoms with Crippen LogP contribution in [0.5, 0.6) is 5.75 Å². The average molecular weight is 786 g/mol. The van der Waals surface area contributed by atoms with Gasteiger partial charge in [0.05, 0.1) is 40.2 Å². The van der Waals surface area contributed by atoms with Gasteiger partial charge in [-0.05, 0) is 118 Å². The van der Waals surface area contributed by atoms with Crippen LogP contribution in [0, 0.1) is 5.92 Å². The molecular weight excluding hydrogens is 738 g/mol. The number of hydrogen-bond acceptors (Lipinski definition) is 7. The van der Waals surface area contributed by atoms with Crippen LogP contribution in [-0.2, 0) is 27.0 Å². The Bertz CT molecular complexity index is 2440. The Balaban J connectivity index is 0.756. The van der Waals surface area contributed by atoms with Gasteiger partial charge in [-0.2, -0.15) is 4.98 Å². The van der Waals surface area contributed by atoms with Gasteiger partial charge < -0.3 is 14.5 Å². The zero-order chi connectivity index (χ0) is 38.6. The number of rotatable bonds is 4. The van der Waals surface area contributed by atoms with E-state index in [1.54, 1.807) is 11.0 Å². The van der Waals surface area contributed by atoms with E-state index in [2.05, 4.69) is 39.0 Å². The number of ether oxygens (including phenoxy) is 1. The highest BCUT2D eigenvalue weighted by molar-refractivity contribution is 6.35. The summed E-state index contributed by atoms with van der Waals surface area (Å²) < 4.78 is 8.68. The van der Waals surface area contributed by atoms with Crippen LogP contribution in [0.15, 0.2) is 53.3 Å². The maximum Gasteiger partial charge on any atom is 0.282 e. The summed E-state index contributed by atoms with van der Waals surface area (Å²) in [5.41, 5.74) is 7.05. The normalized spacial score (nSPS) is 26.0. The topological polar surface area (TPSA) is 114 Å². The lowest BCUT2D eigenvalue weighted by molar-refractivity contribution is -0.136. The summed E-state index contributed by atoms with van der Waals surface area (Å²) in [6.45, 7) is 4.18. The highest BCUT2D eigenvalue weighted by atomic mass is 35.5. The van der Waals surface area contributed by atoms with E-state index < -0.39 is 6.04 Å². The van der Waals surface area contributed by atoms with Gasteiger partial charge >= 0.3 is 0 Å². The molecule has 0 unspecified atom stereocenters. The molecule has 11 heteroatoms. The number of fused-ring (bicyclic) bond motifs is 11. The molecule has 4 aromatic rings. The summed E-state index contributed by atoms with van der Waals surface area (Å²) in [5, 5.41) is 3.37. The molecule has 10 nitrogen and oxygen atoms in total. The number of benzene rings is 3. The Morgan fingerprint density at radius 3 is 2.47 bits per heavy atom. The SMILES string of the molecule is O=C1CC[C@H](N2Cc3c(ccc4c3OCC43CCN(CC4CCC(c5ccc6c(c5)C5(CCCCC5)c5nc(=O)c7c(Cl)cccc7n5-6)CC4)CC3)C2=O)C(=O)N1. The zero-order valence-electron chi connectivity index (χ0n) is 32.3. The molecule has 3 aromatic carbocycles. The van der Waals surface area contributed by atoms with Gasteiger partial charge in [-0.25, -0.2) is 0 Å². The van der Waals surface area contributed by atoms with Crippen LogP contribution in [0.4, 0.5) is 0 Å². The van der Waals surface area contributed by atoms with Crippen molar-refractivity contribution in [2.75, 3.05) is 26.2 Å². The van der Waals surface area contributed by atoms with Crippen molar-refractivity contribution in [3.63, 3.8) is 0 Å². The van der Waals surface area contributed by atoms with E-state index in [9.17, 15) is 19.2 Å². The lowest BCUT2D eigenvalue weighted by Crippen LogP contribution is -2.52. The van der Waals surface area contributed by atoms with Crippen LogP contribution in [0.25, 0.3) is 16.6 Å². The van der Waals surface area contributed by atoms with Crippen LogP contribution < -0.4 is 15.6 Å². The van der Waals surface area contributed by atoms with Crippen LogP contribution in [0.1, 0.15) is 128 Å². The fraction of sp³-hybridized carbons (Fsp3) is 0.500. The number of aromatic nitrogens is 2. The van der Waals surface area contributed by atoms with Gasteiger partial charge in [-0.15, -0.1) is 0 Å². The third-order valence-electron chi connectivity index (χ3n) is 15.2. The second-order valence-electron chi connectivity index (χ2n) is 18.1. The quantitative estimate of drug-likeness (QED) is 0.221. The number of nitrogens with zero attached hydrogens (tertiary/aromatic N) is 4. The largest absolute Gasteiger partial charge is 0.492 e. The minimum Gasteiger partial charge on any atom is -0.492 e. The minimum absolute atomic E-state index is 0.0475. The zero-order valence-corrected chi connectivity index (χ0v) is 33.0. The Morgan fingerprint density at radius 2 is 1.68 bits per heavy atom. The Labute approximate surface area is 336 Å². The number of likely N-dealkylation sites (tertiary alicyclic amines) is 1. The summed E-state index contributed by atoms with van der Waals surface area (Å²) in [6.07, 6.45) is 13.0. The van der Waals surface area contributed by atoms with Gasteiger partial charge in [0.25, 0.3) is 11.5 Å². The first-order chi connectivity index (χ1) is 27.7. The molecule has 2 aliphatic carbocycles. The van der Waals surface area contributed by atoms with E-state index in [0.29, 0.717) is 47.4 Å². The summed E-state index contributed by atoms with van der Waals surface area (Å²) >= 11 is 6.58. The number of imide groups is 1. The van der Waals surface area contributed by atoms with Gasteiger partial charge in [-0.3, -0.25) is 29.1 Å². The van der Waals surface area contributed by atoms with E-state index >= 15 is 0 Å². The highest BCUT2D eigenvalue weighted by Gasteiger charge is 2.49. The monoisotopic (exact) mass is 785 g/mol. The van der Waals surface area contributed by atoms with Crippen molar-refractivity contribution in [1.82, 2.24) is 24.7 Å². The number of nitrogens with one attached hydrogen (secondary N) is 1. The molecule has 0 radical (unpaired) electrons. The van der Waals surface area contributed by atoms with Crippen LogP contribution >= 0.6 is 11.6 Å². The van der Waals surface area contributed by atoms with Crippen molar-refractivity contribution in [2.24, 2.45) is 5.92 Å². The standard InChI is InChI=1S/C46H48ClN5O5/c47-34-5-4-6-36-39(34)42(55)49-44-46(17-2-1-3-18-46)33-23-29(11-14-35(33)52(36)44)28-9-7-27(8-10-28)24-50-21-19-45(20-22-50)26-57-40-31-25-51(37-15-16-38(53)48-41(37)54)43(56)30(31)12-13-32(40)45/h4-6,11-14,23,27-28,37H,1-3,7-10,15-22,24-26H2,(H,48,53,54)/t27?,28?,37-/m0/s1. The predicted octanol–water partition coefficient (Wildman–Crippen LogP) is 7.06. The molecule has 294 valence electrons. The molecule has 4 fully saturated rings. The number of carbonyl (C=O) groups is 3. The van der Waals surface area contributed by atoms with E-state index in [0.717, 1.165) is 86.5 Å². The first-order valence-electron chi connectivity index (χ1n) is 21.3. The number of amides is 3. The molecule has 3 amide bonds. The van der Waals surface area contributed by atoms with Crippen LogP contribution in [0.2, 0.25) is 5.02 Å². The number of piperidine rings is 2. The summed E-state index contributed by atoms with van der Waals surface area (Å²) in [6, 6.07) is 16.3. The first kappa shape index (κ1) is 35.6. The fourth-order valence-corrected chi connectivity index (χ4v) is 12.3. The fourth-order valence-electron chi connectivity index (χ4n) is 12.1. The highest BCUT2D eigenvalue weighted by Crippen LogP contribution is 2.53. The van der Waals surface area contributed by atoms with E-state index in [4.69, 9.17) is 21.3 Å². The third kappa shape index (κ3) is 5.42. The van der Waals surface area contributed by atoms with Crippen LogP contribution in [0.3, 0.4) is 0 Å². The van der Waals surface area contributed by atoms with Crippen molar-refractivity contribution in [1.29, 1.82) is 0 Å². The molecule has 1 aromatic heterocycles. The van der Waals surface area contributed by atoms with Gasteiger partial charge in [0.15, 0.2) is 0 Å². The minimum atomic E-state index is -0.626. The van der Waals surface area contributed by atoms with Gasteiger partial charge in [-0.1, -0.05) is 55.1 Å². The molecular formula is C46H48ClN5O5. The number of halogens is 1. The summed E-state index contributed by atoms with van der Waals surface area (Å²) in [5.74, 6) is 2.15. The molecule has 5 aliphatic heterocycles. The molecule has 57 heavy (non-hydrogen) atoms. The predicted molar refractivity (Wildman–Crippen MR) is 216 cm³/mol. The smallest absolute Gasteiger partial charge is 0.282 e. The second-order valence-corrected chi connectivity index (χ2v) is 18.5. The number of hydrogen-bond donors (Lipinski definition) is 1. The molecule has 2 saturated carbocycles. The number of carbonyl (C=O) groups excluding carboxylic acids is 3. The first-order valence-corrected chi connectivity index (χ1v) is 21.6. The van der Waals surface area contributed by atoms with Gasteiger partial charge in [0.1, 0.15) is 17.6 Å². The molecule has 1 N–H and O–H groups in total. The Hall–Kier alpha value is -4.54. The lowest BCUT2D eigenvalue weighted by atomic mass is 9.69. The molecule has 2 saturated heterocycles. The molecule has 11 rings (SSSR count). The van der Waals surface area contributed by atoms with E-state index in [1.165, 1.54) is 48.8 Å². The molecule has 2 spiro atoms. The molecule has 1 atom stereocenters. The van der Waals surface area contributed by atoms with Crippen molar-refractivity contribution < 1.29 is 19.1 Å². The molecule has 0 bridgehead atoms. The Morgan fingerprint density at radius 1 is 0.877 bits per heavy atom. The summed E-state index contributed by atoms with van der Waals surface area (Å²) in [7, 11) is 0. The van der Waals surface area contributed by atoms with Crippen molar-refractivity contribution >= 4 is 40.2 Å². The van der Waals surface area contributed by atoms with Crippen molar-refractivity contribution in [3.05, 3.63) is 97.5 Å². The van der Waals surface area contributed by atoms with Crippen molar-refractivity contribution in [3.8, 4) is 11.4 Å². The maximum atomic E-state index is 13.4. The lowest BCUT2D eigenvalue weighted by Gasteiger charge is -2.41. The van der Waals surface area contributed by atoms with Crippen LogP contribution in [-0.4, -0.2) is 69.4 Å². The maximum absolute atomic E-state index is 13.4. The van der Waals surface area contributed by atoms with Gasteiger partial charge in [0.2, 0.25) is 11.8 Å². The van der Waals surface area contributed by atoms with Gasteiger partial charge in [0, 0.05) is 35.1 Å². The van der Waals surface area contributed by atoms with Crippen molar-refractivity contribution in [2.45, 2.75) is 113 Å². The second kappa shape index (κ2) is 13.2. The van der Waals surface area contributed by atoms with E-state index in [-0.39, 0.29) is 40.5 Å². The molecule has 7 aliphatic rings. The third-order valence-corrected chi connectivity index (χ3v) is 15.5.